The molecule has 1 atom stereocenters. The summed E-state index contributed by atoms with van der Waals surface area (Å²) in [6, 6.07) is 0. The molecule has 2 aliphatic heterocycles. The lowest BCUT2D eigenvalue weighted by Crippen LogP contribution is -2.48. The number of rotatable bonds is 2. The Morgan fingerprint density at radius 3 is 2.50 bits per heavy atom. The van der Waals surface area contributed by atoms with Gasteiger partial charge in [-0.2, -0.15) is 0 Å². The van der Waals surface area contributed by atoms with Gasteiger partial charge in [0.2, 0.25) is 0 Å². The predicted octanol–water partition coefficient (Wildman–Crippen LogP) is 0.890. The Labute approximate surface area is 75.5 Å². The van der Waals surface area contributed by atoms with Crippen molar-refractivity contribution >= 4 is 0 Å². The van der Waals surface area contributed by atoms with E-state index in [2.05, 4.69) is 23.8 Å². The van der Waals surface area contributed by atoms with Crippen molar-refractivity contribution in [1.82, 2.24) is 9.80 Å². The van der Waals surface area contributed by atoms with E-state index in [0.717, 1.165) is 11.8 Å². The number of hydrogen-bond donors (Lipinski definition) is 0. The molecule has 0 amide bonds. The van der Waals surface area contributed by atoms with Crippen molar-refractivity contribution in [1.29, 1.82) is 0 Å². The molecule has 0 bridgehead atoms. The van der Waals surface area contributed by atoms with Gasteiger partial charge in [-0.05, 0) is 31.8 Å². The summed E-state index contributed by atoms with van der Waals surface area (Å²) in [4.78, 5) is 5.05. The van der Waals surface area contributed by atoms with Gasteiger partial charge < -0.3 is 9.80 Å². The molecule has 70 valence electrons. The second-order valence-electron chi connectivity index (χ2n) is 4.74. The number of nitrogens with zero attached hydrogens (tertiary/aromatic N) is 2. The lowest BCUT2D eigenvalue weighted by molar-refractivity contribution is 0.0986. The summed E-state index contributed by atoms with van der Waals surface area (Å²) in [5.41, 5.74) is 0. The highest BCUT2D eigenvalue weighted by atomic mass is 15.2. The minimum Gasteiger partial charge on any atom is -0.306 e. The maximum absolute atomic E-state index is 2.64. The van der Waals surface area contributed by atoms with Gasteiger partial charge in [-0.25, -0.2) is 0 Å². The SMILES string of the molecule is C[C@H]1CCN(CC2CN(C)C2)C1. The van der Waals surface area contributed by atoms with E-state index in [9.17, 15) is 0 Å². The molecule has 2 fully saturated rings. The summed E-state index contributed by atoms with van der Waals surface area (Å²) in [6.45, 7) is 9.07. The van der Waals surface area contributed by atoms with Gasteiger partial charge >= 0.3 is 0 Å². The summed E-state index contributed by atoms with van der Waals surface area (Å²) < 4.78 is 0. The number of hydrogen-bond acceptors (Lipinski definition) is 2. The molecule has 0 radical (unpaired) electrons. The second kappa shape index (κ2) is 3.35. The van der Waals surface area contributed by atoms with Crippen molar-refractivity contribution in [2.75, 3.05) is 39.8 Å². The van der Waals surface area contributed by atoms with E-state index < -0.39 is 0 Å². The van der Waals surface area contributed by atoms with Crippen LogP contribution >= 0.6 is 0 Å². The van der Waals surface area contributed by atoms with Gasteiger partial charge in [0.15, 0.2) is 0 Å². The highest BCUT2D eigenvalue weighted by molar-refractivity contribution is 4.82. The van der Waals surface area contributed by atoms with Crippen LogP contribution in [0.4, 0.5) is 0 Å². The fraction of sp³-hybridized carbons (Fsp3) is 1.00. The molecule has 0 saturated carbocycles. The van der Waals surface area contributed by atoms with Crippen LogP contribution in [0.15, 0.2) is 0 Å². The molecule has 2 aliphatic rings. The summed E-state index contributed by atoms with van der Waals surface area (Å²) in [7, 11) is 2.21. The van der Waals surface area contributed by atoms with E-state index >= 15 is 0 Å². The first kappa shape index (κ1) is 8.52. The maximum atomic E-state index is 2.64. The smallest absolute Gasteiger partial charge is 0.00343 e. The Morgan fingerprint density at radius 2 is 2.00 bits per heavy atom. The maximum Gasteiger partial charge on any atom is 0.00343 e. The molecule has 2 nitrogen and oxygen atoms in total. The quantitative estimate of drug-likeness (QED) is 0.604. The van der Waals surface area contributed by atoms with Crippen molar-refractivity contribution in [3.8, 4) is 0 Å². The zero-order valence-electron chi connectivity index (χ0n) is 8.29. The van der Waals surface area contributed by atoms with Crippen molar-refractivity contribution in [2.45, 2.75) is 13.3 Å². The van der Waals surface area contributed by atoms with Gasteiger partial charge in [0.05, 0.1) is 0 Å². The molecule has 0 unspecified atom stereocenters. The van der Waals surface area contributed by atoms with Crippen LogP contribution in [0.3, 0.4) is 0 Å². The van der Waals surface area contributed by atoms with E-state index in [1.165, 1.54) is 39.1 Å². The Kier molecular flexibility index (Phi) is 2.37. The zero-order valence-corrected chi connectivity index (χ0v) is 8.29. The second-order valence-corrected chi connectivity index (χ2v) is 4.74. The standard InChI is InChI=1S/C10H20N2/c1-9-3-4-12(5-9)8-10-6-11(2)7-10/h9-10H,3-8H2,1-2H3/t9-/m0/s1. The van der Waals surface area contributed by atoms with Crippen molar-refractivity contribution in [3.63, 3.8) is 0 Å². The first-order valence-corrected chi connectivity index (χ1v) is 5.15. The largest absolute Gasteiger partial charge is 0.306 e. The minimum atomic E-state index is 0.947. The molecule has 0 N–H and O–H groups in total. The van der Waals surface area contributed by atoms with E-state index in [1.54, 1.807) is 0 Å². The summed E-state index contributed by atoms with van der Waals surface area (Å²) in [5, 5.41) is 0. The van der Waals surface area contributed by atoms with E-state index in [0.29, 0.717) is 0 Å². The van der Waals surface area contributed by atoms with Crippen molar-refractivity contribution in [3.05, 3.63) is 0 Å². The van der Waals surface area contributed by atoms with Gasteiger partial charge in [0.25, 0.3) is 0 Å². The zero-order chi connectivity index (χ0) is 8.55. The van der Waals surface area contributed by atoms with E-state index in [1.807, 2.05) is 0 Å². The summed E-state index contributed by atoms with van der Waals surface area (Å²) in [6.07, 6.45) is 1.42. The van der Waals surface area contributed by atoms with Crippen LogP contribution in [-0.2, 0) is 0 Å². The Morgan fingerprint density at radius 1 is 1.25 bits per heavy atom. The number of likely N-dealkylation sites (tertiary alicyclic amines) is 2. The van der Waals surface area contributed by atoms with Crippen molar-refractivity contribution in [2.24, 2.45) is 11.8 Å². The lowest BCUT2D eigenvalue weighted by Gasteiger charge is -2.38. The molecule has 0 aromatic heterocycles. The average molecular weight is 168 g/mol. The van der Waals surface area contributed by atoms with E-state index in [4.69, 9.17) is 0 Å². The average Bonchev–Trinajstić information content (AvgIpc) is 2.33. The third-order valence-electron chi connectivity index (χ3n) is 3.16. The fourth-order valence-electron chi connectivity index (χ4n) is 2.50. The molecule has 0 aliphatic carbocycles. The third-order valence-corrected chi connectivity index (χ3v) is 3.16. The first-order chi connectivity index (χ1) is 5.74. The Balaban J connectivity index is 1.67. The molecule has 0 aromatic carbocycles. The van der Waals surface area contributed by atoms with Gasteiger partial charge in [0, 0.05) is 26.2 Å². The van der Waals surface area contributed by atoms with E-state index in [-0.39, 0.29) is 0 Å². The molecule has 2 saturated heterocycles. The first-order valence-electron chi connectivity index (χ1n) is 5.15. The predicted molar refractivity (Wildman–Crippen MR) is 51.2 cm³/mol. The topological polar surface area (TPSA) is 6.48 Å². The Hall–Kier alpha value is -0.0800. The van der Waals surface area contributed by atoms with Crippen molar-refractivity contribution < 1.29 is 0 Å². The van der Waals surface area contributed by atoms with Crippen LogP contribution in [0.5, 0.6) is 0 Å². The molecule has 2 heterocycles. The van der Waals surface area contributed by atoms with Crippen LogP contribution in [0, 0.1) is 11.8 Å². The Bertz CT molecular complexity index is 152. The highest BCUT2D eigenvalue weighted by Crippen LogP contribution is 2.20. The molecular weight excluding hydrogens is 148 g/mol. The van der Waals surface area contributed by atoms with Crippen LogP contribution in [-0.4, -0.2) is 49.6 Å². The molecule has 0 aromatic rings. The molecule has 0 spiro atoms. The van der Waals surface area contributed by atoms with Gasteiger partial charge in [-0.1, -0.05) is 6.92 Å². The van der Waals surface area contributed by atoms with Crippen LogP contribution < -0.4 is 0 Å². The van der Waals surface area contributed by atoms with Crippen LogP contribution in [0.2, 0.25) is 0 Å². The molecule has 12 heavy (non-hydrogen) atoms. The third kappa shape index (κ3) is 1.80. The monoisotopic (exact) mass is 168 g/mol. The van der Waals surface area contributed by atoms with Crippen LogP contribution in [0.1, 0.15) is 13.3 Å². The van der Waals surface area contributed by atoms with Gasteiger partial charge in [0.1, 0.15) is 0 Å². The summed E-state index contributed by atoms with van der Waals surface area (Å²) in [5.74, 6) is 1.92. The molecule has 2 heteroatoms. The fourth-order valence-corrected chi connectivity index (χ4v) is 2.50. The normalized spacial score (nSPS) is 34.0. The lowest BCUT2D eigenvalue weighted by atomic mass is 10.0. The van der Waals surface area contributed by atoms with Gasteiger partial charge in [-0.3, -0.25) is 0 Å². The molecular formula is C10H20N2. The molecule has 2 rings (SSSR count). The van der Waals surface area contributed by atoms with Gasteiger partial charge in [-0.15, -0.1) is 0 Å². The minimum absolute atomic E-state index is 0.947. The summed E-state index contributed by atoms with van der Waals surface area (Å²) >= 11 is 0. The highest BCUT2D eigenvalue weighted by Gasteiger charge is 2.27. The van der Waals surface area contributed by atoms with Crippen LogP contribution in [0.25, 0.3) is 0 Å².